The van der Waals surface area contributed by atoms with Crippen molar-refractivity contribution in [2.75, 3.05) is 11.5 Å². The minimum absolute atomic E-state index is 0.0585. The summed E-state index contributed by atoms with van der Waals surface area (Å²) in [6.07, 6.45) is 0.934. The molecule has 0 spiro atoms. The van der Waals surface area contributed by atoms with Crippen molar-refractivity contribution in [3.63, 3.8) is 0 Å². The lowest BCUT2D eigenvalue weighted by Gasteiger charge is -2.25. The molecular weight excluding hydrogens is 428 g/mol. The van der Waals surface area contributed by atoms with Gasteiger partial charge in [0.25, 0.3) is 5.91 Å². The van der Waals surface area contributed by atoms with Gasteiger partial charge in [-0.1, -0.05) is 44.2 Å². The van der Waals surface area contributed by atoms with Gasteiger partial charge in [-0.2, -0.15) is 0 Å². The molecule has 0 unspecified atom stereocenters. The number of para-hydroxylation sites is 1. The van der Waals surface area contributed by atoms with Crippen LogP contribution in [0.15, 0.2) is 75.9 Å². The van der Waals surface area contributed by atoms with E-state index in [1.807, 2.05) is 43.3 Å². The minimum atomic E-state index is -0.675. The molecule has 34 heavy (non-hydrogen) atoms. The third-order valence-corrected chi connectivity index (χ3v) is 6.04. The highest BCUT2D eigenvalue weighted by atomic mass is 16.5. The molecule has 6 heteroatoms. The standard InChI is InChI=1S/C28H26N2O4/c1-17(2)14-15-33-20-10-7-9-19(16-20)25-24-26(31)21-11-4-5-12-22(21)34-27(24)28(32)30(25)23-13-6-8-18(3)29-23/h4-13,16-17,25H,14-15H2,1-3H3/t25-/m1/s1. The van der Waals surface area contributed by atoms with Crippen LogP contribution in [0.4, 0.5) is 5.82 Å². The molecular formula is C28H26N2O4. The summed E-state index contributed by atoms with van der Waals surface area (Å²) in [7, 11) is 0. The van der Waals surface area contributed by atoms with Crippen molar-refractivity contribution < 1.29 is 13.9 Å². The predicted molar refractivity (Wildman–Crippen MR) is 132 cm³/mol. The number of carbonyl (C=O) groups excluding carboxylic acids is 1. The fourth-order valence-corrected chi connectivity index (χ4v) is 4.32. The first-order valence-corrected chi connectivity index (χ1v) is 11.5. The lowest BCUT2D eigenvalue weighted by molar-refractivity contribution is 0.0970. The number of aryl methyl sites for hydroxylation is 1. The van der Waals surface area contributed by atoms with Gasteiger partial charge in [-0.3, -0.25) is 14.5 Å². The zero-order valence-corrected chi connectivity index (χ0v) is 19.4. The molecule has 4 aromatic rings. The third-order valence-electron chi connectivity index (χ3n) is 6.04. The van der Waals surface area contributed by atoms with Crippen LogP contribution in [-0.4, -0.2) is 17.5 Å². The fraction of sp³-hybridized carbons (Fsp3) is 0.250. The van der Waals surface area contributed by atoms with Crippen molar-refractivity contribution in [3.05, 3.63) is 99.5 Å². The average molecular weight is 455 g/mol. The number of anilines is 1. The molecule has 1 atom stereocenters. The summed E-state index contributed by atoms with van der Waals surface area (Å²) in [6, 6.07) is 19.4. The first kappa shape index (κ1) is 21.9. The second-order valence-electron chi connectivity index (χ2n) is 8.99. The molecule has 3 heterocycles. The highest BCUT2D eigenvalue weighted by Crippen LogP contribution is 2.41. The van der Waals surface area contributed by atoms with E-state index in [-0.39, 0.29) is 17.1 Å². The van der Waals surface area contributed by atoms with Crippen LogP contribution in [0, 0.1) is 12.8 Å². The molecule has 2 aromatic heterocycles. The zero-order valence-electron chi connectivity index (χ0n) is 19.4. The smallest absolute Gasteiger partial charge is 0.296 e. The van der Waals surface area contributed by atoms with Gasteiger partial charge >= 0.3 is 0 Å². The molecule has 0 saturated carbocycles. The van der Waals surface area contributed by atoms with Crippen LogP contribution in [0.2, 0.25) is 0 Å². The minimum Gasteiger partial charge on any atom is -0.494 e. The molecule has 0 fully saturated rings. The predicted octanol–water partition coefficient (Wildman–Crippen LogP) is 5.67. The summed E-state index contributed by atoms with van der Waals surface area (Å²) in [5, 5.41) is 0.447. The van der Waals surface area contributed by atoms with E-state index in [1.54, 1.807) is 35.2 Å². The van der Waals surface area contributed by atoms with Crippen LogP contribution < -0.4 is 15.1 Å². The molecule has 0 radical (unpaired) electrons. The van der Waals surface area contributed by atoms with Gasteiger partial charge < -0.3 is 9.15 Å². The molecule has 0 N–H and O–H groups in total. The number of pyridine rings is 1. The van der Waals surface area contributed by atoms with Gasteiger partial charge in [0.05, 0.1) is 23.6 Å². The second kappa shape index (κ2) is 8.78. The lowest BCUT2D eigenvalue weighted by Crippen LogP contribution is -2.30. The Balaban J connectivity index is 1.68. The van der Waals surface area contributed by atoms with Crippen LogP contribution in [0.1, 0.15) is 53.7 Å². The van der Waals surface area contributed by atoms with E-state index in [9.17, 15) is 9.59 Å². The summed E-state index contributed by atoms with van der Waals surface area (Å²) in [5.41, 5.74) is 2.04. The van der Waals surface area contributed by atoms with Crippen LogP contribution in [-0.2, 0) is 0 Å². The average Bonchev–Trinajstić information content (AvgIpc) is 3.12. The van der Waals surface area contributed by atoms with Crippen molar-refractivity contribution >= 4 is 22.7 Å². The van der Waals surface area contributed by atoms with E-state index in [4.69, 9.17) is 9.15 Å². The Morgan fingerprint density at radius 2 is 1.82 bits per heavy atom. The monoisotopic (exact) mass is 454 g/mol. The normalized spacial score (nSPS) is 15.2. The van der Waals surface area contributed by atoms with Gasteiger partial charge in [-0.25, -0.2) is 4.98 Å². The molecule has 1 aliphatic heterocycles. The number of ether oxygens (including phenoxy) is 1. The number of aromatic nitrogens is 1. The maximum absolute atomic E-state index is 13.6. The van der Waals surface area contributed by atoms with E-state index >= 15 is 0 Å². The van der Waals surface area contributed by atoms with Crippen molar-refractivity contribution in [2.24, 2.45) is 5.92 Å². The van der Waals surface area contributed by atoms with E-state index in [0.29, 0.717) is 40.6 Å². The number of amides is 1. The van der Waals surface area contributed by atoms with Crippen LogP contribution >= 0.6 is 0 Å². The largest absolute Gasteiger partial charge is 0.494 e. The Hall–Kier alpha value is -3.93. The molecule has 2 aromatic carbocycles. The van der Waals surface area contributed by atoms with E-state index in [2.05, 4.69) is 18.8 Å². The summed E-state index contributed by atoms with van der Waals surface area (Å²) < 4.78 is 12.0. The van der Waals surface area contributed by atoms with Crippen molar-refractivity contribution in [1.29, 1.82) is 0 Å². The van der Waals surface area contributed by atoms with Gasteiger partial charge in [-0.15, -0.1) is 0 Å². The van der Waals surface area contributed by atoms with Gasteiger partial charge in [0.15, 0.2) is 5.43 Å². The molecule has 0 aliphatic carbocycles. The van der Waals surface area contributed by atoms with Crippen molar-refractivity contribution in [1.82, 2.24) is 4.98 Å². The highest BCUT2D eigenvalue weighted by Gasteiger charge is 2.44. The molecule has 6 nitrogen and oxygen atoms in total. The van der Waals surface area contributed by atoms with Crippen LogP contribution in [0.3, 0.4) is 0 Å². The summed E-state index contributed by atoms with van der Waals surface area (Å²) in [4.78, 5) is 33.4. The molecule has 1 aliphatic rings. The maximum atomic E-state index is 13.6. The van der Waals surface area contributed by atoms with Crippen LogP contribution in [0.5, 0.6) is 5.75 Å². The second-order valence-corrected chi connectivity index (χ2v) is 8.99. The van der Waals surface area contributed by atoms with Gasteiger partial charge in [0, 0.05) is 5.69 Å². The van der Waals surface area contributed by atoms with Gasteiger partial charge in [0.2, 0.25) is 5.76 Å². The summed E-state index contributed by atoms with van der Waals surface area (Å²) in [5.74, 6) is 1.37. The SMILES string of the molecule is Cc1cccc(N2C(=O)c3oc4ccccc4c(=O)c3[C@H]2c2cccc(OCCC(C)C)c2)n1. The molecule has 0 bridgehead atoms. The molecule has 5 rings (SSSR count). The number of rotatable bonds is 6. The quantitative estimate of drug-likeness (QED) is 0.375. The number of hydrogen-bond donors (Lipinski definition) is 0. The van der Waals surface area contributed by atoms with E-state index < -0.39 is 6.04 Å². The first-order chi connectivity index (χ1) is 16.4. The molecule has 0 saturated heterocycles. The Kier molecular flexibility index (Phi) is 5.65. The van der Waals surface area contributed by atoms with E-state index in [1.165, 1.54) is 0 Å². The zero-order chi connectivity index (χ0) is 23.8. The Labute approximate surface area is 197 Å². The first-order valence-electron chi connectivity index (χ1n) is 11.5. The van der Waals surface area contributed by atoms with E-state index in [0.717, 1.165) is 17.7 Å². The molecule has 1 amide bonds. The highest BCUT2D eigenvalue weighted by molar-refractivity contribution is 6.10. The van der Waals surface area contributed by atoms with Crippen molar-refractivity contribution in [2.45, 2.75) is 33.2 Å². The number of fused-ring (bicyclic) bond motifs is 2. The lowest BCUT2D eigenvalue weighted by atomic mass is 9.98. The summed E-state index contributed by atoms with van der Waals surface area (Å²) >= 11 is 0. The Morgan fingerprint density at radius 3 is 2.62 bits per heavy atom. The summed E-state index contributed by atoms with van der Waals surface area (Å²) in [6.45, 7) is 6.76. The van der Waals surface area contributed by atoms with Crippen molar-refractivity contribution in [3.8, 4) is 5.75 Å². The number of benzene rings is 2. The molecule has 172 valence electrons. The van der Waals surface area contributed by atoms with Gasteiger partial charge in [-0.05, 0) is 61.2 Å². The fourth-order valence-electron chi connectivity index (χ4n) is 4.32. The Morgan fingerprint density at radius 1 is 1.03 bits per heavy atom. The maximum Gasteiger partial charge on any atom is 0.296 e. The van der Waals surface area contributed by atoms with Crippen LogP contribution in [0.25, 0.3) is 11.0 Å². The van der Waals surface area contributed by atoms with Gasteiger partial charge in [0.1, 0.15) is 17.2 Å². The number of carbonyl (C=O) groups is 1. The topological polar surface area (TPSA) is 72.6 Å². The number of nitrogens with zero attached hydrogens (tertiary/aromatic N) is 2. The third kappa shape index (κ3) is 3.85. The Bertz CT molecular complexity index is 1440. The number of hydrogen-bond acceptors (Lipinski definition) is 5.